The standard InChI is InChI=1S/C22H18N6O6S/c23-20-16(11-15-5-6-17(34-15)13-1-3-14(4-2-13)28(31)32)21(30)24-22-27(20)25-18(35-22)12-19(29)26-7-9-33-10-8-26/h1-6,11,23H,7-10,12H2. The number of hydrogen-bond donors (Lipinski definition) is 1. The number of fused-ring (bicyclic) bond motifs is 1. The number of thioether (sulfide) groups is 1. The van der Waals surface area contributed by atoms with Crippen molar-refractivity contribution in [1.29, 1.82) is 5.41 Å². The molecule has 178 valence electrons. The van der Waals surface area contributed by atoms with Gasteiger partial charge in [-0.3, -0.25) is 25.1 Å². The van der Waals surface area contributed by atoms with Crippen molar-refractivity contribution in [1.82, 2.24) is 9.91 Å². The van der Waals surface area contributed by atoms with Gasteiger partial charge < -0.3 is 14.1 Å². The number of non-ortho nitro benzene ring substituents is 1. The van der Waals surface area contributed by atoms with Crippen LogP contribution >= 0.6 is 11.8 Å². The highest BCUT2D eigenvalue weighted by atomic mass is 32.2. The van der Waals surface area contributed by atoms with Crippen LogP contribution in [0.15, 0.2) is 56.5 Å². The lowest BCUT2D eigenvalue weighted by Crippen LogP contribution is -2.41. The zero-order valence-corrected chi connectivity index (χ0v) is 19.0. The fourth-order valence-electron chi connectivity index (χ4n) is 3.63. The molecule has 3 aliphatic rings. The quantitative estimate of drug-likeness (QED) is 0.378. The van der Waals surface area contributed by atoms with Gasteiger partial charge in [0.1, 0.15) is 16.6 Å². The molecule has 35 heavy (non-hydrogen) atoms. The number of hydrogen-bond acceptors (Lipinski definition) is 9. The number of amides is 2. The first-order chi connectivity index (χ1) is 16.9. The van der Waals surface area contributed by atoms with Crippen molar-refractivity contribution in [3.63, 3.8) is 0 Å². The lowest BCUT2D eigenvalue weighted by atomic mass is 10.1. The second-order valence-corrected chi connectivity index (χ2v) is 8.73. The van der Waals surface area contributed by atoms with Gasteiger partial charge in [-0.15, -0.1) is 0 Å². The maximum absolute atomic E-state index is 12.6. The van der Waals surface area contributed by atoms with Crippen molar-refractivity contribution < 1.29 is 23.7 Å². The molecule has 2 aromatic rings. The van der Waals surface area contributed by atoms with E-state index in [-0.39, 0.29) is 34.6 Å². The first-order valence-corrected chi connectivity index (χ1v) is 11.4. The molecule has 0 spiro atoms. The Kier molecular flexibility index (Phi) is 6.01. The molecule has 0 unspecified atom stereocenters. The van der Waals surface area contributed by atoms with Crippen LogP contribution in [0, 0.1) is 15.5 Å². The Balaban J connectivity index is 1.32. The Hall–Kier alpha value is -4.10. The highest BCUT2D eigenvalue weighted by molar-refractivity contribution is 8.27. The summed E-state index contributed by atoms with van der Waals surface area (Å²) in [5, 5.41) is 25.6. The predicted molar refractivity (Wildman–Crippen MR) is 128 cm³/mol. The van der Waals surface area contributed by atoms with Gasteiger partial charge in [-0.2, -0.15) is 15.1 Å². The van der Waals surface area contributed by atoms with Crippen LogP contribution in [-0.4, -0.2) is 69.0 Å². The SMILES string of the molecule is N=C1C(=Cc2ccc(-c3ccc([N+](=O)[O-])cc3)o2)C(=O)N=C2SC(CC(=O)N3CCOCC3)=NN12. The summed E-state index contributed by atoms with van der Waals surface area (Å²) in [6.07, 6.45) is 1.45. The molecule has 2 amide bonds. The summed E-state index contributed by atoms with van der Waals surface area (Å²) >= 11 is 1.09. The van der Waals surface area contributed by atoms with Crippen molar-refractivity contribution in [2.24, 2.45) is 10.1 Å². The van der Waals surface area contributed by atoms with Gasteiger partial charge in [-0.25, -0.2) is 0 Å². The molecule has 5 rings (SSSR count). The van der Waals surface area contributed by atoms with E-state index in [9.17, 15) is 19.7 Å². The minimum absolute atomic E-state index is 0.0107. The molecule has 3 aliphatic heterocycles. The van der Waals surface area contributed by atoms with Gasteiger partial charge in [0.05, 0.1) is 30.1 Å². The normalized spacial score (nSPS) is 19.0. The number of aliphatic imine (C=N–C) groups is 1. The maximum atomic E-state index is 12.6. The number of ether oxygens (including phenoxy) is 1. The molecule has 0 saturated carbocycles. The molecule has 0 atom stereocenters. The molecule has 1 N–H and O–H groups in total. The molecule has 0 aliphatic carbocycles. The first kappa shape index (κ1) is 22.7. The first-order valence-electron chi connectivity index (χ1n) is 10.6. The number of amidine groups is 2. The number of nitro benzene ring substituents is 1. The predicted octanol–water partition coefficient (Wildman–Crippen LogP) is 2.72. The number of carbonyl (C=O) groups is 2. The van der Waals surface area contributed by atoms with E-state index in [0.29, 0.717) is 48.4 Å². The maximum Gasteiger partial charge on any atom is 0.283 e. The third kappa shape index (κ3) is 4.63. The lowest BCUT2D eigenvalue weighted by molar-refractivity contribution is -0.384. The van der Waals surface area contributed by atoms with Crippen LogP contribution in [0.5, 0.6) is 0 Å². The van der Waals surface area contributed by atoms with Crippen LogP contribution in [0.25, 0.3) is 17.4 Å². The summed E-state index contributed by atoms with van der Waals surface area (Å²) in [5.74, 6) is -0.122. The summed E-state index contributed by atoms with van der Waals surface area (Å²) in [6.45, 7) is 2.04. The number of nitrogens with zero attached hydrogens (tertiary/aromatic N) is 5. The number of nitro groups is 1. The number of rotatable bonds is 5. The third-order valence-electron chi connectivity index (χ3n) is 5.44. The van der Waals surface area contributed by atoms with E-state index in [1.165, 1.54) is 23.2 Å². The Labute approximate surface area is 202 Å². The van der Waals surface area contributed by atoms with Crippen molar-refractivity contribution in [2.75, 3.05) is 26.3 Å². The molecule has 1 aromatic heterocycles. The van der Waals surface area contributed by atoms with Gasteiger partial charge in [-0.1, -0.05) is 0 Å². The summed E-state index contributed by atoms with van der Waals surface area (Å²) in [5.41, 5.74) is 0.580. The van der Waals surface area contributed by atoms with Crippen LogP contribution in [-0.2, 0) is 14.3 Å². The lowest BCUT2D eigenvalue weighted by Gasteiger charge is -2.26. The van der Waals surface area contributed by atoms with Gasteiger partial charge in [0.25, 0.3) is 11.6 Å². The van der Waals surface area contributed by atoms with Crippen LogP contribution in [0.2, 0.25) is 0 Å². The summed E-state index contributed by atoms with van der Waals surface area (Å²) in [6, 6.07) is 9.16. The van der Waals surface area contributed by atoms with Crippen molar-refractivity contribution in [3.05, 3.63) is 57.8 Å². The number of morpholine rings is 1. The monoisotopic (exact) mass is 494 g/mol. The number of hydrazone groups is 1. The van der Waals surface area contributed by atoms with Crippen LogP contribution in [0.4, 0.5) is 5.69 Å². The van der Waals surface area contributed by atoms with E-state index in [1.807, 2.05) is 0 Å². The largest absolute Gasteiger partial charge is 0.457 e. The fraction of sp³-hybridized carbons (Fsp3) is 0.227. The number of nitrogens with one attached hydrogen (secondary N) is 1. The zero-order valence-electron chi connectivity index (χ0n) is 18.2. The summed E-state index contributed by atoms with van der Waals surface area (Å²) < 4.78 is 11.0. The molecule has 0 radical (unpaired) electrons. The molecule has 1 saturated heterocycles. The second-order valence-electron chi connectivity index (χ2n) is 7.69. The van der Waals surface area contributed by atoms with Crippen LogP contribution < -0.4 is 0 Å². The van der Waals surface area contributed by atoms with E-state index < -0.39 is 10.8 Å². The average Bonchev–Trinajstić information content (AvgIpc) is 3.49. The molecule has 0 bridgehead atoms. The summed E-state index contributed by atoms with van der Waals surface area (Å²) in [4.78, 5) is 41.2. The van der Waals surface area contributed by atoms with Gasteiger partial charge in [0.15, 0.2) is 5.84 Å². The highest BCUT2D eigenvalue weighted by Crippen LogP contribution is 2.31. The van der Waals surface area contributed by atoms with E-state index in [2.05, 4.69) is 10.1 Å². The molecule has 4 heterocycles. The van der Waals surface area contributed by atoms with Crippen LogP contribution in [0.3, 0.4) is 0 Å². The molecular weight excluding hydrogens is 476 g/mol. The number of carbonyl (C=O) groups excluding carboxylic acids is 2. The third-order valence-corrected chi connectivity index (χ3v) is 6.35. The van der Waals surface area contributed by atoms with Crippen molar-refractivity contribution in [3.8, 4) is 11.3 Å². The second kappa shape index (κ2) is 9.27. The highest BCUT2D eigenvalue weighted by Gasteiger charge is 2.36. The topological polar surface area (TPSA) is 155 Å². The van der Waals surface area contributed by atoms with E-state index in [0.717, 1.165) is 11.8 Å². The van der Waals surface area contributed by atoms with Gasteiger partial charge in [0, 0.05) is 30.8 Å². The van der Waals surface area contributed by atoms with Gasteiger partial charge >= 0.3 is 0 Å². The fourth-order valence-corrected chi connectivity index (χ4v) is 4.51. The number of furan rings is 1. The molecule has 12 nitrogen and oxygen atoms in total. The van der Waals surface area contributed by atoms with Gasteiger partial charge in [0.2, 0.25) is 11.1 Å². The smallest absolute Gasteiger partial charge is 0.283 e. The minimum atomic E-state index is -0.613. The average molecular weight is 494 g/mol. The Morgan fingerprint density at radius 3 is 2.66 bits per heavy atom. The van der Waals surface area contributed by atoms with Crippen molar-refractivity contribution in [2.45, 2.75) is 6.42 Å². The molecular formula is C22H18N6O6S. The molecule has 1 aromatic carbocycles. The van der Waals surface area contributed by atoms with Crippen molar-refractivity contribution >= 4 is 51.4 Å². The van der Waals surface area contributed by atoms with Crippen LogP contribution in [0.1, 0.15) is 12.2 Å². The van der Waals surface area contributed by atoms with Gasteiger partial charge in [-0.05, 0) is 42.1 Å². The Morgan fingerprint density at radius 2 is 1.94 bits per heavy atom. The number of benzene rings is 1. The summed E-state index contributed by atoms with van der Waals surface area (Å²) in [7, 11) is 0. The van der Waals surface area contributed by atoms with E-state index in [4.69, 9.17) is 14.6 Å². The van der Waals surface area contributed by atoms with E-state index >= 15 is 0 Å². The minimum Gasteiger partial charge on any atom is -0.457 e. The Morgan fingerprint density at radius 1 is 1.20 bits per heavy atom. The Bertz CT molecular complexity index is 1320. The molecule has 1 fully saturated rings. The zero-order chi connectivity index (χ0) is 24.5. The van der Waals surface area contributed by atoms with E-state index in [1.54, 1.807) is 29.2 Å². The molecule has 13 heteroatoms.